The number of nitrogens with zero attached hydrogens (tertiary/aromatic N) is 1. The number of nitrogens with one attached hydrogen (secondary N) is 2. The van der Waals surface area contributed by atoms with E-state index in [-0.39, 0.29) is 23.3 Å². The summed E-state index contributed by atoms with van der Waals surface area (Å²) in [5.41, 5.74) is -1.70. The maximum absolute atomic E-state index is 12.5. The van der Waals surface area contributed by atoms with Crippen molar-refractivity contribution in [2.45, 2.75) is 69.9 Å². The van der Waals surface area contributed by atoms with Gasteiger partial charge in [-0.2, -0.15) is 13.2 Å². The highest BCUT2D eigenvalue weighted by Gasteiger charge is 2.42. The van der Waals surface area contributed by atoms with E-state index in [0.29, 0.717) is 12.4 Å². The summed E-state index contributed by atoms with van der Waals surface area (Å²) in [5, 5.41) is 1.58. The van der Waals surface area contributed by atoms with Gasteiger partial charge in [-0.15, -0.1) is 11.8 Å². The van der Waals surface area contributed by atoms with Crippen LogP contribution < -0.4 is 16.6 Å². The highest BCUT2D eigenvalue weighted by atomic mass is 32.2. The Morgan fingerprint density at radius 3 is 2.58 bits per heavy atom. The summed E-state index contributed by atoms with van der Waals surface area (Å²) >= 11 is 1.49. The van der Waals surface area contributed by atoms with Crippen LogP contribution >= 0.6 is 11.8 Å². The van der Waals surface area contributed by atoms with Gasteiger partial charge in [0.15, 0.2) is 8.32 Å². The Hall–Kier alpha value is -2.05. The van der Waals surface area contributed by atoms with Crippen molar-refractivity contribution in [2.24, 2.45) is 0 Å². The van der Waals surface area contributed by atoms with Gasteiger partial charge in [-0.3, -0.25) is 19.1 Å². The lowest BCUT2D eigenvalue weighted by Gasteiger charge is -2.37. The van der Waals surface area contributed by atoms with Gasteiger partial charge in [0.1, 0.15) is 17.9 Å². The number of ether oxygens (including phenoxy) is 2. The molecule has 202 valence electrons. The third-order valence-corrected chi connectivity index (χ3v) is 11.0. The summed E-state index contributed by atoms with van der Waals surface area (Å²) < 4.78 is 56.3. The predicted molar refractivity (Wildman–Crippen MR) is 132 cm³/mol. The number of H-pyrrole nitrogens is 1. The summed E-state index contributed by atoms with van der Waals surface area (Å²) in [4.78, 5) is 37.7. The second-order valence-electron chi connectivity index (χ2n) is 9.74. The summed E-state index contributed by atoms with van der Waals surface area (Å²) in [7, 11) is -2.08. The van der Waals surface area contributed by atoms with E-state index in [2.05, 4.69) is 50.7 Å². The molecule has 0 bridgehead atoms. The van der Waals surface area contributed by atoms with Gasteiger partial charge in [-0.25, -0.2) is 4.79 Å². The number of hydrogen-bond donors (Lipinski definition) is 2. The SMILES string of the molecule is CSCO[C@H]1C[C@H](n2cc(C#CCNC(=O)C(F)(F)F)c(=O)[nH]c2=O)O[C@@H]1CO[Si](C)(C)C(C)(C)C. The van der Waals surface area contributed by atoms with Crippen molar-refractivity contribution in [2.75, 3.05) is 25.3 Å². The number of hydrogen-bond acceptors (Lipinski definition) is 7. The molecule has 3 atom stereocenters. The molecular formula is C22H32F3N3O6SSi. The zero-order valence-corrected chi connectivity index (χ0v) is 22.9. The van der Waals surface area contributed by atoms with Crippen LogP contribution in [-0.4, -0.2) is 67.5 Å². The Balaban J connectivity index is 2.21. The zero-order chi connectivity index (χ0) is 27.3. The van der Waals surface area contributed by atoms with Crippen LogP contribution in [0.3, 0.4) is 0 Å². The smallest absolute Gasteiger partial charge is 0.414 e. The van der Waals surface area contributed by atoms with Crippen LogP contribution in [0.2, 0.25) is 18.1 Å². The van der Waals surface area contributed by atoms with Crippen molar-refractivity contribution in [3.8, 4) is 11.8 Å². The summed E-state index contributed by atoms with van der Waals surface area (Å²) in [6, 6.07) is 0. The Bertz CT molecular complexity index is 1100. The fourth-order valence-electron chi connectivity index (χ4n) is 3.01. The molecule has 36 heavy (non-hydrogen) atoms. The van der Waals surface area contributed by atoms with Crippen molar-refractivity contribution < 1.29 is 31.9 Å². The maximum Gasteiger partial charge on any atom is 0.471 e. The van der Waals surface area contributed by atoms with Crippen LogP contribution in [0.1, 0.15) is 39.0 Å². The minimum atomic E-state index is -5.04. The molecule has 2 rings (SSSR count). The number of rotatable bonds is 8. The zero-order valence-electron chi connectivity index (χ0n) is 21.1. The van der Waals surface area contributed by atoms with E-state index in [0.717, 1.165) is 0 Å². The van der Waals surface area contributed by atoms with Crippen molar-refractivity contribution in [3.63, 3.8) is 0 Å². The number of alkyl halides is 3. The number of amides is 1. The highest BCUT2D eigenvalue weighted by Crippen LogP contribution is 2.38. The number of aromatic nitrogens is 2. The molecule has 1 fully saturated rings. The summed E-state index contributed by atoms with van der Waals surface area (Å²) in [5.74, 6) is 2.94. The molecule has 2 N–H and O–H groups in total. The normalized spacial score (nSPS) is 20.6. The average molecular weight is 552 g/mol. The molecule has 0 unspecified atom stereocenters. The first-order chi connectivity index (χ1) is 16.6. The summed E-state index contributed by atoms with van der Waals surface area (Å²) in [6.07, 6.45) is -3.24. The molecule has 1 amide bonds. The van der Waals surface area contributed by atoms with Gasteiger partial charge >= 0.3 is 17.8 Å². The molecule has 1 aliphatic heterocycles. The van der Waals surface area contributed by atoms with Crippen molar-refractivity contribution >= 4 is 26.0 Å². The standard InChI is InChI=1S/C22H32F3N3O6SSi/c1-21(2,3)36(5,6)33-12-16-15(32-13-35-4)10-17(34-16)28-11-14(18(29)27-20(28)31)8-7-9-26-19(30)22(23,24)25/h11,15-17H,9-10,12-13H2,1-6H3,(H,26,30)(H,27,29,31)/t15-,16+,17+/m0/s1. The van der Waals surface area contributed by atoms with Crippen LogP contribution in [0.15, 0.2) is 15.8 Å². The van der Waals surface area contributed by atoms with Crippen molar-refractivity contribution in [3.05, 3.63) is 32.6 Å². The van der Waals surface area contributed by atoms with Crippen LogP contribution in [0, 0.1) is 11.8 Å². The topological polar surface area (TPSA) is 112 Å². The minimum absolute atomic E-state index is 0.0103. The molecular weight excluding hydrogens is 519 g/mol. The molecule has 1 aromatic rings. The lowest BCUT2D eigenvalue weighted by atomic mass is 10.2. The van der Waals surface area contributed by atoms with Crippen molar-refractivity contribution in [1.29, 1.82) is 0 Å². The second kappa shape index (κ2) is 12.0. The Morgan fingerprint density at radius 1 is 1.33 bits per heavy atom. The van der Waals surface area contributed by atoms with E-state index in [1.165, 1.54) is 22.5 Å². The number of carbonyl (C=O) groups is 1. The number of carbonyl (C=O) groups excluding carboxylic acids is 1. The third kappa shape index (κ3) is 7.97. The molecule has 14 heteroatoms. The Kier molecular flexibility index (Phi) is 10.1. The third-order valence-electron chi connectivity index (χ3n) is 6.09. The number of halogens is 3. The molecule has 1 saturated heterocycles. The second-order valence-corrected chi connectivity index (χ2v) is 15.4. The van der Waals surface area contributed by atoms with E-state index in [1.54, 1.807) is 5.32 Å². The number of thioether (sulfide) groups is 1. The lowest BCUT2D eigenvalue weighted by Crippen LogP contribution is -2.44. The largest absolute Gasteiger partial charge is 0.471 e. The summed E-state index contributed by atoms with van der Waals surface area (Å²) in [6.45, 7) is 10.2. The molecule has 1 aromatic heterocycles. The molecule has 0 aliphatic carbocycles. The lowest BCUT2D eigenvalue weighted by molar-refractivity contribution is -0.173. The van der Waals surface area contributed by atoms with Gasteiger partial charge in [0.2, 0.25) is 0 Å². The average Bonchev–Trinajstić information content (AvgIpc) is 3.16. The molecule has 0 aromatic carbocycles. The van der Waals surface area contributed by atoms with E-state index in [1.807, 2.05) is 6.26 Å². The van der Waals surface area contributed by atoms with Gasteiger partial charge in [0, 0.05) is 12.6 Å². The fourth-order valence-corrected chi connectivity index (χ4v) is 4.34. The molecule has 2 heterocycles. The van der Waals surface area contributed by atoms with E-state index < -0.39 is 50.5 Å². The van der Waals surface area contributed by atoms with Crippen LogP contribution in [0.25, 0.3) is 0 Å². The number of aromatic amines is 1. The molecule has 1 aliphatic rings. The predicted octanol–water partition coefficient (Wildman–Crippen LogP) is 2.58. The molecule has 0 saturated carbocycles. The first-order valence-electron chi connectivity index (χ1n) is 11.2. The quantitative estimate of drug-likeness (QED) is 0.290. The van der Waals surface area contributed by atoms with Crippen molar-refractivity contribution in [1.82, 2.24) is 14.9 Å². The molecule has 0 radical (unpaired) electrons. The van der Waals surface area contributed by atoms with E-state index in [4.69, 9.17) is 13.9 Å². The van der Waals surface area contributed by atoms with Gasteiger partial charge in [-0.05, 0) is 24.4 Å². The molecule has 9 nitrogen and oxygen atoms in total. The first kappa shape index (κ1) is 30.2. The van der Waals surface area contributed by atoms with Gasteiger partial charge in [-0.1, -0.05) is 32.6 Å². The van der Waals surface area contributed by atoms with Crippen LogP contribution in [-0.2, 0) is 18.7 Å². The van der Waals surface area contributed by atoms with Gasteiger partial charge < -0.3 is 19.2 Å². The Labute approximate surface area is 212 Å². The minimum Gasteiger partial charge on any atom is -0.414 e. The fraction of sp³-hybridized carbons (Fsp3) is 0.682. The van der Waals surface area contributed by atoms with Gasteiger partial charge in [0.05, 0.1) is 25.2 Å². The monoisotopic (exact) mass is 551 g/mol. The van der Waals surface area contributed by atoms with Gasteiger partial charge in [0.25, 0.3) is 5.56 Å². The van der Waals surface area contributed by atoms with E-state index in [9.17, 15) is 27.6 Å². The molecule has 0 spiro atoms. The van der Waals surface area contributed by atoms with Crippen LogP contribution in [0.4, 0.5) is 13.2 Å². The Morgan fingerprint density at radius 2 is 2.00 bits per heavy atom. The maximum atomic E-state index is 12.5. The highest BCUT2D eigenvalue weighted by molar-refractivity contribution is 7.98. The van der Waals surface area contributed by atoms with E-state index >= 15 is 0 Å². The van der Waals surface area contributed by atoms with Crippen LogP contribution in [0.5, 0.6) is 0 Å². The first-order valence-corrected chi connectivity index (χ1v) is 15.5.